The van der Waals surface area contributed by atoms with Crippen molar-refractivity contribution in [2.45, 2.75) is 0 Å². The fourth-order valence-corrected chi connectivity index (χ4v) is 7.70. The first-order valence-electron chi connectivity index (χ1n) is 15.8. The van der Waals surface area contributed by atoms with Crippen LogP contribution in [-0.4, -0.2) is 4.57 Å². The summed E-state index contributed by atoms with van der Waals surface area (Å²) in [5.41, 5.74) is 10.2. The van der Waals surface area contributed by atoms with Crippen LogP contribution in [0.5, 0.6) is 0 Å². The monoisotopic (exact) mass is 745 g/mol. The molecular weight excluding hydrogens is 721 g/mol. The quantitative estimate of drug-likeness (QED) is 0.169. The topological polar surface area (TPSA) is 4.93 Å². The summed E-state index contributed by atoms with van der Waals surface area (Å²) in [6.07, 6.45) is 0. The van der Waals surface area contributed by atoms with Crippen molar-refractivity contribution in [3.63, 3.8) is 0 Å². The fraction of sp³-hybridized carbons (Fsp3) is 0. The van der Waals surface area contributed by atoms with Gasteiger partial charge in [0.15, 0.2) is 0 Å². The Morgan fingerprint density at radius 1 is 0.396 bits per heavy atom. The van der Waals surface area contributed by atoms with E-state index >= 15 is 0 Å². The van der Waals surface area contributed by atoms with Gasteiger partial charge in [0.05, 0.1) is 11.0 Å². The highest BCUT2D eigenvalue weighted by molar-refractivity contribution is 9.10. The number of hydrogen-bond acceptors (Lipinski definition) is 0. The van der Waals surface area contributed by atoms with E-state index in [1.165, 1.54) is 55.7 Å². The number of fused-ring (bicyclic) bond motifs is 5. The Bertz CT molecular complexity index is 2630. The lowest BCUT2D eigenvalue weighted by atomic mass is 9.91. The van der Waals surface area contributed by atoms with Crippen molar-refractivity contribution in [3.05, 3.63) is 172 Å². The molecule has 0 saturated heterocycles. The number of benzene rings is 8. The lowest BCUT2D eigenvalue weighted by Crippen LogP contribution is -1.94. The summed E-state index contributed by atoms with van der Waals surface area (Å²) < 4.78 is 18.2. The largest absolute Gasteiger partial charge is 0.309 e. The number of nitrogens with zero attached hydrogens (tertiary/aromatic N) is 1. The molecule has 0 atom stereocenters. The van der Waals surface area contributed by atoms with Crippen molar-refractivity contribution in [3.8, 4) is 39.1 Å². The van der Waals surface area contributed by atoms with E-state index in [4.69, 9.17) is 0 Å². The van der Waals surface area contributed by atoms with E-state index in [0.717, 1.165) is 47.8 Å². The molecule has 0 spiro atoms. The van der Waals surface area contributed by atoms with Gasteiger partial charge in [-0.25, -0.2) is 4.39 Å². The summed E-state index contributed by atoms with van der Waals surface area (Å²) in [6.45, 7) is 0. The third-order valence-corrected chi connectivity index (χ3v) is 10.3. The van der Waals surface area contributed by atoms with Gasteiger partial charge in [0.2, 0.25) is 0 Å². The van der Waals surface area contributed by atoms with E-state index < -0.39 is 0 Å². The van der Waals surface area contributed by atoms with Crippen LogP contribution in [-0.2, 0) is 0 Å². The molecule has 48 heavy (non-hydrogen) atoms. The molecule has 0 aliphatic carbocycles. The summed E-state index contributed by atoms with van der Waals surface area (Å²) in [7, 11) is 0. The van der Waals surface area contributed by atoms with Crippen molar-refractivity contribution in [1.82, 2.24) is 4.57 Å². The Morgan fingerprint density at radius 2 is 0.958 bits per heavy atom. The van der Waals surface area contributed by atoms with Gasteiger partial charge in [-0.2, -0.15) is 0 Å². The highest BCUT2D eigenvalue weighted by Crippen LogP contribution is 2.38. The van der Waals surface area contributed by atoms with Gasteiger partial charge in [0.1, 0.15) is 5.82 Å². The predicted molar refractivity (Wildman–Crippen MR) is 207 cm³/mol. The van der Waals surface area contributed by atoms with Gasteiger partial charge >= 0.3 is 0 Å². The second kappa shape index (κ2) is 11.6. The van der Waals surface area contributed by atoms with Crippen LogP contribution in [0.4, 0.5) is 4.39 Å². The molecule has 1 nitrogen and oxygen atoms in total. The van der Waals surface area contributed by atoms with E-state index in [-0.39, 0.29) is 5.82 Å². The molecule has 1 aromatic heterocycles. The van der Waals surface area contributed by atoms with E-state index in [1.54, 1.807) is 0 Å². The van der Waals surface area contributed by atoms with Crippen LogP contribution in [0.2, 0.25) is 0 Å². The van der Waals surface area contributed by atoms with Crippen LogP contribution < -0.4 is 0 Å². The molecule has 0 radical (unpaired) electrons. The van der Waals surface area contributed by atoms with Gasteiger partial charge in [0.25, 0.3) is 0 Å². The maximum Gasteiger partial charge on any atom is 0.123 e. The van der Waals surface area contributed by atoms with Gasteiger partial charge < -0.3 is 4.57 Å². The van der Waals surface area contributed by atoms with Crippen molar-refractivity contribution in [2.24, 2.45) is 0 Å². The molecule has 0 unspecified atom stereocenters. The van der Waals surface area contributed by atoms with Crippen molar-refractivity contribution in [2.75, 3.05) is 0 Å². The zero-order chi connectivity index (χ0) is 32.4. The van der Waals surface area contributed by atoms with Crippen molar-refractivity contribution >= 4 is 75.2 Å². The average molecular weight is 748 g/mol. The zero-order valence-electron chi connectivity index (χ0n) is 25.6. The molecular formula is C44H26Br2FN. The van der Waals surface area contributed by atoms with Crippen LogP contribution in [0.25, 0.3) is 82.4 Å². The smallest absolute Gasteiger partial charge is 0.123 e. The molecule has 0 aliphatic rings. The predicted octanol–water partition coefficient (Wildman–Crippen LogP) is 13.8. The molecule has 8 aromatic carbocycles. The minimum absolute atomic E-state index is 0.229. The first kappa shape index (κ1) is 29.1. The molecule has 0 saturated carbocycles. The van der Waals surface area contributed by atoms with Crippen molar-refractivity contribution in [1.29, 1.82) is 0 Å². The van der Waals surface area contributed by atoms with Gasteiger partial charge in [-0.3, -0.25) is 0 Å². The molecule has 0 fully saturated rings. The summed E-state index contributed by atoms with van der Waals surface area (Å²) in [4.78, 5) is 0. The molecule has 0 amide bonds. The summed E-state index contributed by atoms with van der Waals surface area (Å²) in [5.74, 6) is -0.229. The highest BCUT2D eigenvalue weighted by atomic mass is 79.9. The van der Waals surface area contributed by atoms with Crippen LogP contribution in [0, 0.1) is 5.82 Å². The number of rotatable bonds is 4. The normalized spacial score (nSPS) is 11.6. The number of aromatic nitrogens is 1. The Hall–Kier alpha value is -5.03. The molecule has 0 aliphatic heterocycles. The lowest BCUT2D eigenvalue weighted by Gasteiger charge is -2.13. The molecule has 0 N–H and O–H groups in total. The molecule has 9 rings (SSSR count). The minimum atomic E-state index is -0.229. The Kier molecular flexibility index (Phi) is 7.03. The van der Waals surface area contributed by atoms with Crippen LogP contribution in [0.1, 0.15) is 0 Å². The van der Waals surface area contributed by atoms with E-state index in [9.17, 15) is 4.39 Å². The first-order chi connectivity index (χ1) is 23.5. The Balaban J connectivity index is 1.13. The molecule has 9 aromatic rings. The maximum absolute atomic E-state index is 13.7. The minimum Gasteiger partial charge on any atom is -0.309 e. The molecule has 0 bridgehead atoms. The zero-order valence-corrected chi connectivity index (χ0v) is 28.8. The van der Waals surface area contributed by atoms with E-state index in [0.29, 0.717) is 0 Å². The number of hydrogen-bond donors (Lipinski definition) is 0. The van der Waals surface area contributed by atoms with Crippen LogP contribution >= 0.6 is 31.9 Å². The van der Waals surface area contributed by atoms with Gasteiger partial charge in [0, 0.05) is 25.4 Å². The Labute approximate surface area is 294 Å². The third-order valence-electron chi connectivity index (χ3n) is 9.34. The first-order valence-corrected chi connectivity index (χ1v) is 17.4. The molecule has 1 heterocycles. The SMILES string of the molecule is Fc1ccc(-c2cc(-c3ccc4ccc(-c5ccc(-n6c7cc(Br)ccc7c7ccc(Br)cc76)cc5)cc4c3)c3ccccc3c2)cc1. The van der Waals surface area contributed by atoms with Crippen molar-refractivity contribution < 1.29 is 4.39 Å². The summed E-state index contributed by atoms with van der Waals surface area (Å²) >= 11 is 7.37. The second-order valence-electron chi connectivity index (χ2n) is 12.2. The molecule has 4 heteroatoms. The average Bonchev–Trinajstić information content (AvgIpc) is 3.43. The molecule has 228 valence electrons. The van der Waals surface area contributed by atoms with Crippen LogP contribution in [0.3, 0.4) is 0 Å². The second-order valence-corrected chi connectivity index (χ2v) is 14.1. The maximum atomic E-state index is 13.7. The lowest BCUT2D eigenvalue weighted by molar-refractivity contribution is 0.628. The van der Waals surface area contributed by atoms with Gasteiger partial charge in [-0.05, 0) is 128 Å². The summed E-state index contributed by atoms with van der Waals surface area (Å²) in [5, 5.41) is 7.18. The van der Waals surface area contributed by atoms with Gasteiger partial charge in [-0.15, -0.1) is 0 Å². The summed E-state index contributed by atoms with van der Waals surface area (Å²) in [6, 6.07) is 54.8. The van der Waals surface area contributed by atoms with E-state index in [2.05, 4.69) is 170 Å². The van der Waals surface area contributed by atoms with Gasteiger partial charge in [-0.1, -0.05) is 117 Å². The Morgan fingerprint density at radius 3 is 1.67 bits per heavy atom. The standard InChI is InChI=1S/C44H26Br2FN/c45-35-13-19-40-41-20-14-36(46)26-44(41)48(43(40)25-35)38-17-11-27(12-18-38)30-7-5-28-6-8-32(23-33(28)21-30)42-24-34(29-9-15-37(47)16-10-29)22-31-3-1-2-4-39(31)42/h1-26H. The number of halogens is 3. The van der Waals surface area contributed by atoms with Crippen LogP contribution in [0.15, 0.2) is 167 Å². The fourth-order valence-electron chi connectivity index (χ4n) is 7.00. The van der Waals surface area contributed by atoms with E-state index in [1.807, 2.05) is 12.1 Å². The highest BCUT2D eigenvalue weighted by Gasteiger charge is 2.14. The third kappa shape index (κ3) is 5.04.